The lowest BCUT2D eigenvalue weighted by Crippen LogP contribution is -2.61. The first-order valence-electron chi connectivity index (χ1n) is 4.27. The minimum Gasteiger partial charge on any atom is -0.473 e. The molecule has 6 heteroatoms. The second-order valence-electron chi connectivity index (χ2n) is 3.61. The van der Waals surface area contributed by atoms with Crippen LogP contribution in [-0.4, -0.2) is 41.4 Å². The third-order valence-electron chi connectivity index (χ3n) is 2.70. The Kier molecular flexibility index (Phi) is 3.07. The average molecular weight is 203 g/mol. The van der Waals surface area contributed by atoms with Crippen LogP contribution in [0.1, 0.15) is 12.8 Å². The Labute approximate surface area is 80.7 Å². The first kappa shape index (κ1) is 10.9. The molecule has 1 unspecified atom stereocenters. The van der Waals surface area contributed by atoms with Crippen LogP contribution in [0.15, 0.2) is 0 Å². The lowest BCUT2D eigenvalue weighted by atomic mass is 9.63. The molecule has 1 aliphatic carbocycles. The average Bonchev–Trinajstić information content (AvgIpc) is 2.00. The maximum absolute atomic E-state index is 9.10. The summed E-state index contributed by atoms with van der Waals surface area (Å²) in [6.45, 7) is 1.85. The van der Waals surface area contributed by atoms with Gasteiger partial charge in [-0.05, 0) is 12.8 Å². The van der Waals surface area contributed by atoms with Crippen LogP contribution < -0.4 is 5.73 Å². The molecule has 2 rings (SSSR count). The van der Waals surface area contributed by atoms with Gasteiger partial charge in [0.25, 0.3) is 0 Å². The normalized spacial score (nSPS) is 26.5. The van der Waals surface area contributed by atoms with E-state index in [2.05, 4.69) is 0 Å². The van der Waals surface area contributed by atoms with Gasteiger partial charge in [0.1, 0.15) is 0 Å². The zero-order valence-electron chi connectivity index (χ0n) is 7.60. The highest BCUT2D eigenvalue weighted by Gasteiger charge is 2.50. The number of carboxylic acids is 2. The molecule has 0 bridgehead atoms. The topological polar surface area (TPSA) is 110 Å². The summed E-state index contributed by atoms with van der Waals surface area (Å²) >= 11 is 0. The largest absolute Gasteiger partial charge is 0.473 e. The van der Waals surface area contributed by atoms with Gasteiger partial charge in [-0.25, -0.2) is 9.59 Å². The molecule has 4 N–H and O–H groups in total. The third kappa shape index (κ3) is 2.02. The van der Waals surface area contributed by atoms with Gasteiger partial charge in [0.15, 0.2) is 0 Å². The predicted octanol–water partition coefficient (Wildman–Crippen LogP) is -0.720. The Hall–Kier alpha value is -1.14. The lowest BCUT2D eigenvalue weighted by molar-refractivity contribution is -0.167. The molecule has 0 aromatic rings. The summed E-state index contributed by atoms with van der Waals surface area (Å²) in [6.07, 6.45) is 2.51. The fourth-order valence-electron chi connectivity index (χ4n) is 1.44. The van der Waals surface area contributed by atoms with E-state index in [9.17, 15) is 0 Å². The molecule has 1 heterocycles. The maximum Gasteiger partial charge on any atom is 0.414 e. The Morgan fingerprint density at radius 2 is 1.79 bits per heavy atom. The molecule has 2 fully saturated rings. The van der Waals surface area contributed by atoms with Gasteiger partial charge in [-0.2, -0.15) is 0 Å². The first-order chi connectivity index (χ1) is 6.48. The predicted molar refractivity (Wildman–Crippen MR) is 45.7 cm³/mol. The van der Waals surface area contributed by atoms with Crippen LogP contribution in [0.4, 0.5) is 0 Å². The smallest absolute Gasteiger partial charge is 0.414 e. The van der Waals surface area contributed by atoms with E-state index in [1.54, 1.807) is 0 Å². The van der Waals surface area contributed by atoms with Crippen LogP contribution in [0, 0.1) is 5.41 Å². The summed E-state index contributed by atoms with van der Waals surface area (Å²) in [5.41, 5.74) is 6.20. The SMILES string of the molecule is NC1CCC12COC2.O=C(O)C(=O)O. The fourth-order valence-corrected chi connectivity index (χ4v) is 1.44. The highest BCUT2D eigenvalue weighted by molar-refractivity contribution is 6.27. The number of carbonyl (C=O) groups is 2. The second kappa shape index (κ2) is 3.93. The Morgan fingerprint density at radius 1 is 1.29 bits per heavy atom. The van der Waals surface area contributed by atoms with Crippen molar-refractivity contribution in [1.29, 1.82) is 0 Å². The zero-order chi connectivity index (χ0) is 10.8. The molecule has 80 valence electrons. The highest BCUT2D eigenvalue weighted by Crippen LogP contribution is 2.45. The van der Waals surface area contributed by atoms with Crippen LogP contribution in [0.3, 0.4) is 0 Å². The van der Waals surface area contributed by atoms with Gasteiger partial charge >= 0.3 is 11.9 Å². The molecule has 14 heavy (non-hydrogen) atoms. The minimum absolute atomic E-state index is 0.455. The summed E-state index contributed by atoms with van der Waals surface area (Å²) in [4.78, 5) is 18.2. The van der Waals surface area contributed by atoms with Gasteiger partial charge in [0.2, 0.25) is 0 Å². The van der Waals surface area contributed by atoms with E-state index in [1.165, 1.54) is 12.8 Å². The minimum atomic E-state index is -1.82. The van der Waals surface area contributed by atoms with Crippen LogP contribution in [0.25, 0.3) is 0 Å². The molecule has 1 saturated heterocycles. The molecule has 1 aliphatic heterocycles. The lowest BCUT2D eigenvalue weighted by Gasteiger charge is -2.53. The van der Waals surface area contributed by atoms with Gasteiger partial charge < -0.3 is 20.7 Å². The van der Waals surface area contributed by atoms with Crippen LogP contribution in [-0.2, 0) is 14.3 Å². The number of hydrogen-bond donors (Lipinski definition) is 3. The number of aliphatic carboxylic acids is 2. The quantitative estimate of drug-likeness (QED) is 0.448. The summed E-state index contributed by atoms with van der Waals surface area (Å²) < 4.78 is 5.07. The molecule has 2 aliphatic rings. The number of hydrogen-bond acceptors (Lipinski definition) is 4. The van der Waals surface area contributed by atoms with E-state index < -0.39 is 11.9 Å². The van der Waals surface area contributed by atoms with Crippen molar-refractivity contribution in [1.82, 2.24) is 0 Å². The second-order valence-corrected chi connectivity index (χ2v) is 3.61. The van der Waals surface area contributed by atoms with Crippen molar-refractivity contribution in [2.24, 2.45) is 11.1 Å². The molecular formula is C8H13NO5. The first-order valence-corrected chi connectivity index (χ1v) is 4.27. The van der Waals surface area contributed by atoms with Gasteiger partial charge in [0.05, 0.1) is 13.2 Å². The van der Waals surface area contributed by atoms with Crippen LogP contribution in [0.5, 0.6) is 0 Å². The van der Waals surface area contributed by atoms with E-state index in [0.717, 1.165) is 13.2 Å². The standard InChI is InChI=1S/C6H11NO.C2H2O4/c7-5-1-2-6(5)3-8-4-6;3-1(4)2(5)6/h5H,1-4,7H2;(H,3,4)(H,5,6). The Balaban J connectivity index is 0.000000149. The van der Waals surface area contributed by atoms with E-state index in [1.807, 2.05) is 0 Å². The van der Waals surface area contributed by atoms with Gasteiger partial charge in [0, 0.05) is 11.5 Å². The van der Waals surface area contributed by atoms with Crippen molar-refractivity contribution >= 4 is 11.9 Å². The highest BCUT2D eigenvalue weighted by atomic mass is 16.5. The molecule has 1 spiro atoms. The Morgan fingerprint density at radius 3 is 1.79 bits per heavy atom. The summed E-state index contributed by atoms with van der Waals surface area (Å²) in [7, 11) is 0. The molecule has 1 atom stereocenters. The van der Waals surface area contributed by atoms with Crippen LogP contribution >= 0.6 is 0 Å². The number of rotatable bonds is 0. The van der Waals surface area contributed by atoms with E-state index in [-0.39, 0.29) is 0 Å². The number of nitrogens with two attached hydrogens (primary N) is 1. The summed E-state index contributed by atoms with van der Waals surface area (Å²) in [5.74, 6) is -3.65. The molecule has 0 amide bonds. The third-order valence-corrected chi connectivity index (χ3v) is 2.70. The van der Waals surface area contributed by atoms with Crippen molar-refractivity contribution < 1.29 is 24.5 Å². The number of carboxylic acid groups (broad SMARTS) is 2. The van der Waals surface area contributed by atoms with Gasteiger partial charge in [-0.3, -0.25) is 0 Å². The van der Waals surface area contributed by atoms with Crippen molar-refractivity contribution in [3.8, 4) is 0 Å². The van der Waals surface area contributed by atoms with E-state index >= 15 is 0 Å². The summed E-state index contributed by atoms with van der Waals surface area (Å²) in [5, 5.41) is 14.8. The van der Waals surface area contributed by atoms with Gasteiger partial charge in [-0.15, -0.1) is 0 Å². The zero-order valence-corrected chi connectivity index (χ0v) is 7.60. The molecular weight excluding hydrogens is 190 g/mol. The monoisotopic (exact) mass is 203 g/mol. The molecule has 0 aromatic heterocycles. The molecule has 0 aromatic carbocycles. The fraction of sp³-hybridized carbons (Fsp3) is 0.750. The van der Waals surface area contributed by atoms with Crippen molar-refractivity contribution in [3.63, 3.8) is 0 Å². The van der Waals surface area contributed by atoms with Crippen LogP contribution in [0.2, 0.25) is 0 Å². The van der Waals surface area contributed by atoms with Crippen molar-refractivity contribution in [3.05, 3.63) is 0 Å². The molecule has 0 radical (unpaired) electrons. The van der Waals surface area contributed by atoms with E-state index in [4.69, 9.17) is 30.3 Å². The van der Waals surface area contributed by atoms with Gasteiger partial charge in [-0.1, -0.05) is 0 Å². The van der Waals surface area contributed by atoms with E-state index in [0.29, 0.717) is 11.5 Å². The maximum atomic E-state index is 9.10. The van der Waals surface area contributed by atoms with Crippen molar-refractivity contribution in [2.45, 2.75) is 18.9 Å². The molecule has 6 nitrogen and oxygen atoms in total. The Bertz CT molecular complexity index is 231. The summed E-state index contributed by atoms with van der Waals surface area (Å²) in [6, 6.07) is 0.455. The van der Waals surface area contributed by atoms with Crippen molar-refractivity contribution in [2.75, 3.05) is 13.2 Å². The number of ether oxygens (including phenoxy) is 1. The molecule has 1 saturated carbocycles.